The average Bonchev–Trinajstić information content (AvgIpc) is 2.66. The summed E-state index contributed by atoms with van der Waals surface area (Å²) in [6.07, 6.45) is 3.50. The quantitative estimate of drug-likeness (QED) is 0.612. The number of hydrogen-bond acceptors (Lipinski definition) is 6. The number of nitrogens with zero attached hydrogens (tertiary/aromatic N) is 2. The number of amides is 1. The van der Waals surface area contributed by atoms with Crippen LogP contribution in [0.4, 0.5) is 0 Å². The van der Waals surface area contributed by atoms with Gasteiger partial charge in [0.05, 0.1) is 19.3 Å². The van der Waals surface area contributed by atoms with Crippen LogP contribution in [0.5, 0.6) is 11.6 Å². The molecule has 0 bridgehead atoms. The topological polar surface area (TPSA) is 82.6 Å². The lowest BCUT2D eigenvalue weighted by Gasteiger charge is -2.34. The Morgan fingerprint density at radius 3 is 2.75 bits per heavy atom. The van der Waals surface area contributed by atoms with Crippen LogP contribution in [0.25, 0.3) is 0 Å². The van der Waals surface area contributed by atoms with Gasteiger partial charge in [-0.1, -0.05) is 29.8 Å². The fraction of sp³-hybridized carbons (Fsp3) is 0.450. The van der Waals surface area contributed by atoms with Gasteiger partial charge in [-0.25, -0.2) is 9.97 Å². The fourth-order valence-corrected chi connectivity index (χ4v) is 3.06. The van der Waals surface area contributed by atoms with Crippen LogP contribution < -0.4 is 14.8 Å². The summed E-state index contributed by atoms with van der Waals surface area (Å²) in [5.74, 6) is 1.48. The first-order valence-electron chi connectivity index (χ1n) is 9.28. The van der Waals surface area contributed by atoms with Gasteiger partial charge in [0, 0.05) is 13.5 Å². The van der Waals surface area contributed by atoms with Crippen molar-refractivity contribution in [2.75, 3.05) is 19.8 Å². The number of halogens is 1. The number of para-hydroxylation sites is 1. The summed E-state index contributed by atoms with van der Waals surface area (Å²) in [6.45, 7) is 3.34. The van der Waals surface area contributed by atoms with Gasteiger partial charge in [0.1, 0.15) is 29.4 Å². The van der Waals surface area contributed by atoms with Crippen LogP contribution >= 0.6 is 11.6 Å². The molecule has 1 aromatic carbocycles. The summed E-state index contributed by atoms with van der Waals surface area (Å²) in [6, 6.07) is 9.48. The molecule has 0 unspecified atom stereocenters. The summed E-state index contributed by atoms with van der Waals surface area (Å²) in [5.41, 5.74) is 0.586. The number of rotatable bonds is 10. The van der Waals surface area contributed by atoms with Crippen molar-refractivity contribution < 1.29 is 19.0 Å². The minimum absolute atomic E-state index is 0.0428. The van der Waals surface area contributed by atoms with Gasteiger partial charge in [0.25, 0.3) is 0 Å². The summed E-state index contributed by atoms with van der Waals surface area (Å²) < 4.78 is 17.2. The summed E-state index contributed by atoms with van der Waals surface area (Å²) in [4.78, 5) is 19.1. The summed E-state index contributed by atoms with van der Waals surface area (Å²) in [7, 11) is 0. The monoisotopic (exact) mass is 405 g/mol. The van der Waals surface area contributed by atoms with E-state index in [-0.39, 0.29) is 18.6 Å². The molecule has 1 aliphatic carbocycles. The second-order valence-corrected chi connectivity index (χ2v) is 7.04. The van der Waals surface area contributed by atoms with E-state index in [1.165, 1.54) is 13.3 Å². The second kappa shape index (κ2) is 10.2. The predicted molar refractivity (Wildman–Crippen MR) is 104 cm³/mol. The molecule has 1 fully saturated rings. The molecule has 0 aliphatic heterocycles. The SMILES string of the molecule is CC(=O)NCCOC1CC(COc2ncnc(COc3ccccc3)c2Cl)C1. The second-order valence-electron chi connectivity index (χ2n) is 6.67. The van der Waals surface area contributed by atoms with Gasteiger partial charge >= 0.3 is 0 Å². The van der Waals surface area contributed by atoms with Crippen LogP contribution in [0.15, 0.2) is 36.7 Å². The highest BCUT2D eigenvalue weighted by Crippen LogP contribution is 2.32. The molecule has 2 aromatic rings. The third-order valence-electron chi connectivity index (χ3n) is 4.43. The maximum Gasteiger partial charge on any atom is 0.236 e. The Kier molecular flexibility index (Phi) is 7.45. The first kappa shape index (κ1) is 20.4. The zero-order valence-electron chi connectivity index (χ0n) is 15.8. The Morgan fingerprint density at radius 1 is 1.21 bits per heavy atom. The van der Waals surface area contributed by atoms with E-state index in [9.17, 15) is 4.79 Å². The zero-order valence-corrected chi connectivity index (χ0v) is 16.5. The third kappa shape index (κ3) is 6.07. The number of aromatic nitrogens is 2. The van der Waals surface area contributed by atoms with E-state index in [1.807, 2.05) is 30.3 Å². The first-order valence-corrected chi connectivity index (χ1v) is 9.65. The molecule has 0 radical (unpaired) electrons. The summed E-state index contributed by atoms with van der Waals surface area (Å²) >= 11 is 6.37. The molecule has 1 saturated carbocycles. The molecular formula is C20H24ClN3O4. The van der Waals surface area contributed by atoms with Crippen LogP contribution in [0.3, 0.4) is 0 Å². The minimum atomic E-state index is -0.0428. The highest BCUT2D eigenvalue weighted by molar-refractivity contribution is 6.32. The lowest BCUT2D eigenvalue weighted by atomic mass is 9.83. The van der Waals surface area contributed by atoms with Gasteiger partial charge in [-0.05, 0) is 30.9 Å². The molecule has 3 rings (SSSR count). The van der Waals surface area contributed by atoms with Crippen molar-refractivity contribution in [1.82, 2.24) is 15.3 Å². The number of ether oxygens (including phenoxy) is 3. The van der Waals surface area contributed by atoms with Crippen LogP contribution in [0.2, 0.25) is 5.02 Å². The molecule has 0 saturated heterocycles. The van der Waals surface area contributed by atoms with Crippen molar-refractivity contribution >= 4 is 17.5 Å². The largest absolute Gasteiger partial charge is 0.487 e. The molecule has 1 heterocycles. The number of hydrogen-bond donors (Lipinski definition) is 1. The normalized spacial score (nSPS) is 18.2. The number of benzene rings is 1. The van der Waals surface area contributed by atoms with E-state index >= 15 is 0 Å². The fourth-order valence-electron chi connectivity index (χ4n) is 2.85. The molecule has 1 aliphatic rings. The van der Waals surface area contributed by atoms with E-state index in [0.29, 0.717) is 42.3 Å². The number of carbonyl (C=O) groups excluding carboxylic acids is 1. The van der Waals surface area contributed by atoms with Gasteiger partial charge in [0.2, 0.25) is 11.8 Å². The van der Waals surface area contributed by atoms with Crippen LogP contribution in [0, 0.1) is 5.92 Å². The number of carbonyl (C=O) groups is 1. The van der Waals surface area contributed by atoms with Gasteiger partial charge in [-0.2, -0.15) is 0 Å². The Hall–Kier alpha value is -2.38. The zero-order chi connectivity index (χ0) is 19.8. The van der Waals surface area contributed by atoms with Crippen LogP contribution in [0.1, 0.15) is 25.5 Å². The lowest BCUT2D eigenvalue weighted by molar-refractivity contribution is -0.119. The van der Waals surface area contributed by atoms with Crippen molar-refractivity contribution in [3.05, 3.63) is 47.4 Å². The van der Waals surface area contributed by atoms with E-state index < -0.39 is 0 Å². The van der Waals surface area contributed by atoms with Crippen molar-refractivity contribution in [3.63, 3.8) is 0 Å². The van der Waals surface area contributed by atoms with E-state index in [1.54, 1.807) is 0 Å². The van der Waals surface area contributed by atoms with E-state index in [2.05, 4.69) is 15.3 Å². The highest BCUT2D eigenvalue weighted by Gasteiger charge is 2.30. The van der Waals surface area contributed by atoms with Gasteiger partial charge < -0.3 is 19.5 Å². The predicted octanol–water partition coefficient (Wildman–Crippen LogP) is 3.02. The van der Waals surface area contributed by atoms with E-state index in [0.717, 1.165) is 18.6 Å². The molecule has 0 atom stereocenters. The van der Waals surface area contributed by atoms with Gasteiger partial charge in [-0.3, -0.25) is 4.79 Å². The van der Waals surface area contributed by atoms with Gasteiger partial charge in [0.15, 0.2) is 0 Å². The Bertz CT molecular complexity index is 769. The van der Waals surface area contributed by atoms with Crippen molar-refractivity contribution in [1.29, 1.82) is 0 Å². The first-order chi connectivity index (χ1) is 13.6. The molecule has 150 valence electrons. The highest BCUT2D eigenvalue weighted by atomic mass is 35.5. The molecular weight excluding hydrogens is 382 g/mol. The minimum Gasteiger partial charge on any atom is -0.487 e. The molecule has 1 aromatic heterocycles. The Balaban J connectivity index is 1.39. The molecule has 1 amide bonds. The maximum absolute atomic E-state index is 10.8. The molecule has 1 N–H and O–H groups in total. The van der Waals surface area contributed by atoms with E-state index in [4.69, 9.17) is 25.8 Å². The molecule has 28 heavy (non-hydrogen) atoms. The van der Waals surface area contributed by atoms with Crippen LogP contribution in [-0.2, 0) is 16.1 Å². The number of nitrogens with one attached hydrogen (secondary N) is 1. The maximum atomic E-state index is 10.8. The van der Waals surface area contributed by atoms with Crippen molar-refractivity contribution in [2.24, 2.45) is 5.92 Å². The average molecular weight is 406 g/mol. The standard InChI is InChI=1S/C20H24ClN3O4/c1-14(25)22-7-8-26-17-9-15(10-17)11-28-20-19(21)18(23-13-24-20)12-27-16-5-3-2-4-6-16/h2-6,13,15,17H,7-12H2,1H3,(H,22,25). The molecule has 8 heteroatoms. The van der Waals surface area contributed by atoms with Gasteiger partial charge in [-0.15, -0.1) is 0 Å². The Morgan fingerprint density at radius 2 is 2.00 bits per heavy atom. The molecule has 7 nitrogen and oxygen atoms in total. The third-order valence-corrected chi connectivity index (χ3v) is 4.81. The van der Waals surface area contributed by atoms with Crippen molar-refractivity contribution in [3.8, 4) is 11.6 Å². The summed E-state index contributed by atoms with van der Waals surface area (Å²) in [5, 5.41) is 3.09. The van der Waals surface area contributed by atoms with Crippen LogP contribution in [-0.4, -0.2) is 41.7 Å². The Labute approximate surface area is 169 Å². The van der Waals surface area contributed by atoms with Crippen molar-refractivity contribution in [2.45, 2.75) is 32.5 Å². The smallest absolute Gasteiger partial charge is 0.236 e. The molecule has 0 spiro atoms. The lowest BCUT2D eigenvalue weighted by Crippen LogP contribution is -2.37.